The van der Waals surface area contributed by atoms with E-state index in [4.69, 9.17) is 9.47 Å². The average Bonchev–Trinajstić information content (AvgIpc) is 4.04. The monoisotopic (exact) mass is 706 g/mol. The van der Waals surface area contributed by atoms with E-state index in [9.17, 15) is 0 Å². The number of benzene rings is 4. The van der Waals surface area contributed by atoms with Crippen molar-refractivity contribution in [2.45, 2.75) is 0 Å². The Balaban J connectivity index is 1.09. The summed E-state index contributed by atoms with van der Waals surface area (Å²) in [6.45, 7) is 0. The maximum absolute atomic E-state index is 5.31. The molecule has 0 saturated heterocycles. The Morgan fingerprint density at radius 3 is 1.11 bits per heavy atom. The van der Waals surface area contributed by atoms with E-state index in [1.165, 1.54) is 0 Å². The molecule has 54 heavy (non-hydrogen) atoms. The van der Waals surface area contributed by atoms with E-state index in [2.05, 4.69) is 140 Å². The quantitative estimate of drug-likeness (QED) is 0.103. The van der Waals surface area contributed by atoms with Crippen molar-refractivity contribution in [1.29, 1.82) is 0 Å². The van der Waals surface area contributed by atoms with Gasteiger partial charge in [0.1, 0.15) is 11.5 Å². The summed E-state index contributed by atoms with van der Waals surface area (Å²) >= 11 is 0. The molecule has 0 radical (unpaired) electrons. The third-order valence-corrected chi connectivity index (χ3v) is 9.64. The van der Waals surface area contributed by atoms with Crippen LogP contribution in [-0.4, -0.2) is 34.2 Å². The predicted octanol–water partition coefficient (Wildman–Crippen LogP) is 6.97. The van der Waals surface area contributed by atoms with E-state index in [-0.39, 0.29) is 0 Å². The summed E-state index contributed by atoms with van der Waals surface area (Å²) in [7, 11) is 3.35. The van der Waals surface area contributed by atoms with Crippen LogP contribution in [0.15, 0.2) is 146 Å². The normalized spacial score (nSPS) is 12.1. The zero-order valence-corrected chi connectivity index (χ0v) is 29.8. The van der Waals surface area contributed by atoms with Gasteiger partial charge in [-0.1, -0.05) is 24.3 Å². The van der Waals surface area contributed by atoms with Crippen molar-refractivity contribution < 1.29 is 9.47 Å². The van der Waals surface area contributed by atoms with Gasteiger partial charge in [-0.05, 0) is 145 Å². The number of aromatic nitrogens is 4. The van der Waals surface area contributed by atoms with E-state index in [0.717, 1.165) is 101 Å². The van der Waals surface area contributed by atoms with Crippen LogP contribution in [-0.2, 0) is 0 Å². The Bertz CT molecular complexity index is 2620. The number of fused-ring (bicyclic) bond motifs is 8. The van der Waals surface area contributed by atoms with Gasteiger partial charge in [0, 0.05) is 78.1 Å². The number of hydrogen-bond acceptors (Lipinski definition) is 4. The van der Waals surface area contributed by atoms with Gasteiger partial charge in [0.15, 0.2) is 0 Å². The van der Waals surface area contributed by atoms with Gasteiger partial charge in [-0.25, -0.2) is 0 Å². The lowest BCUT2D eigenvalue weighted by atomic mass is 10.0. The lowest BCUT2D eigenvalue weighted by molar-refractivity contribution is 0.415. The molecule has 0 fully saturated rings. The van der Waals surface area contributed by atoms with Crippen LogP contribution in [0.2, 0.25) is 0 Å². The van der Waals surface area contributed by atoms with Crippen LogP contribution in [0.3, 0.4) is 0 Å². The SMILES string of the molecule is COc1ccc(Nc2ccc(C3=c4ccc([nH]4)=Cc4ccc([nH]4)C(c4ccc(Nc5ccc(OC)cc5)cc4)=c4ccc([nH]4)=Cc4ccc3[nH]4)cc2)cc1. The Labute approximate surface area is 311 Å². The van der Waals surface area contributed by atoms with Gasteiger partial charge < -0.3 is 40.0 Å². The number of hydrogen-bond donors (Lipinski definition) is 6. The molecular formula is C46H38N6O2. The summed E-state index contributed by atoms with van der Waals surface area (Å²) < 4.78 is 10.6. The Kier molecular flexibility index (Phi) is 8.45. The fourth-order valence-corrected chi connectivity index (χ4v) is 6.94. The van der Waals surface area contributed by atoms with Crippen molar-refractivity contribution in [1.82, 2.24) is 19.9 Å². The molecule has 6 N–H and O–H groups in total. The third-order valence-electron chi connectivity index (χ3n) is 9.64. The van der Waals surface area contributed by atoms with Crippen LogP contribution in [0, 0.1) is 0 Å². The van der Waals surface area contributed by atoms with Crippen molar-refractivity contribution in [3.63, 3.8) is 0 Å². The first-order valence-corrected chi connectivity index (χ1v) is 17.8. The van der Waals surface area contributed by atoms with Crippen molar-refractivity contribution >= 4 is 46.0 Å². The van der Waals surface area contributed by atoms with E-state index >= 15 is 0 Å². The second-order valence-electron chi connectivity index (χ2n) is 13.2. The van der Waals surface area contributed by atoms with Crippen LogP contribution >= 0.6 is 0 Å². The minimum atomic E-state index is 0.829. The van der Waals surface area contributed by atoms with Gasteiger partial charge >= 0.3 is 0 Å². The summed E-state index contributed by atoms with van der Waals surface area (Å²) in [5.74, 6) is 1.66. The van der Waals surface area contributed by atoms with E-state index in [1.54, 1.807) is 14.2 Å². The molecule has 8 nitrogen and oxygen atoms in total. The van der Waals surface area contributed by atoms with Gasteiger partial charge in [0.05, 0.1) is 14.2 Å². The molecule has 0 spiro atoms. The first-order valence-electron chi connectivity index (χ1n) is 17.8. The summed E-state index contributed by atoms with van der Waals surface area (Å²) in [5.41, 5.74) is 12.4. The van der Waals surface area contributed by atoms with Crippen LogP contribution < -0.4 is 41.5 Å². The average molecular weight is 707 g/mol. The second-order valence-corrected chi connectivity index (χ2v) is 13.2. The molecule has 0 unspecified atom stereocenters. The van der Waals surface area contributed by atoms with Crippen molar-refractivity contribution in [2.24, 2.45) is 0 Å². The van der Waals surface area contributed by atoms with Gasteiger partial charge in [0.2, 0.25) is 0 Å². The summed E-state index contributed by atoms with van der Waals surface area (Å²) in [6.07, 6.45) is 4.29. The minimum Gasteiger partial charge on any atom is -0.497 e. The molecule has 1 aliphatic heterocycles. The topological polar surface area (TPSA) is 106 Å². The number of nitrogens with one attached hydrogen (secondary N) is 6. The fourth-order valence-electron chi connectivity index (χ4n) is 6.94. The highest BCUT2D eigenvalue weighted by Crippen LogP contribution is 2.27. The molecule has 0 saturated carbocycles. The summed E-state index contributed by atoms with van der Waals surface area (Å²) in [4.78, 5) is 14.7. The first kappa shape index (κ1) is 32.6. The number of aromatic amines is 4. The maximum atomic E-state index is 5.31. The molecule has 1 aliphatic rings. The highest BCUT2D eigenvalue weighted by molar-refractivity contribution is 5.80. The number of methoxy groups -OCH3 is 2. The predicted molar refractivity (Wildman–Crippen MR) is 217 cm³/mol. The number of ether oxygens (including phenoxy) is 2. The standard InChI is InChI=1S/C46H38N6O2/c1-53-39-19-11-33(12-20-39)47-31-7-3-29(4-8-31)45-41-23-15-35(49-41)27-37-17-25-43(51-37)46(44-26-18-38(52-44)28-36-16-24-42(45)50-36)30-5-9-32(10-6-30)48-34-13-21-40(54-2)22-14-34/h3-28,47-52H,1-2H3. The van der Waals surface area contributed by atoms with E-state index < -0.39 is 0 Å². The fraction of sp³-hybridized carbons (Fsp3) is 0.0435. The second kappa shape index (κ2) is 14.0. The van der Waals surface area contributed by atoms with Gasteiger partial charge in [-0.15, -0.1) is 0 Å². The summed E-state index contributed by atoms with van der Waals surface area (Å²) in [5, 5.41) is 11.0. The molecule has 8 heteroatoms. The van der Waals surface area contributed by atoms with E-state index in [1.807, 2.05) is 48.5 Å². The largest absolute Gasteiger partial charge is 0.497 e. The van der Waals surface area contributed by atoms with E-state index in [0.29, 0.717) is 0 Å². The molecule has 264 valence electrons. The Hall–Kier alpha value is -7.32. The number of H-pyrrole nitrogens is 4. The molecule has 5 heterocycles. The third kappa shape index (κ3) is 6.71. The lowest BCUT2D eigenvalue weighted by Crippen LogP contribution is -2.15. The molecule has 4 aromatic heterocycles. The maximum Gasteiger partial charge on any atom is 0.119 e. The number of rotatable bonds is 8. The molecular weight excluding hydrogens is 669 g/mol. The van der Waals surface area contributed by atoms with Crippen LogP contribution in [0.1, 0.15) is 33.9 Å². The van der Waals surface area contributed by atoms with Crippen molar-refractivity contribution in [2.75, 3.05) is 24.9 Å². The Morgan fingerprint density at radius 2 is 0.741 bits per heavy atom. The molecule has 0 aliphatic carbocycles. The van der Waals surface area contributed by atoms with Crippen molar-refractivity contribution in [3.05, 3.63) is 201 Å². The minimum absolute atomic E-state index is 0.829. The van der Waals surface area contributed by atoms with Gasteiger partial charge in [0.25, 0.3) is 0 Å². The molecule has 8 aromatic rings. The first-order chi connectivity index (χ1) is 26.6. The van der Waals surface area contributed by atoms with Crippen LogP contribution in [0.4, 0.5) is 22.7 Å². The lowest BCUT2D eigenvalue weighted by Gasteiger charge is -2.10. The molecule has 4 aromatic carbocycles. The van der Waals surface area contributed by atoms with Crippen LogP contribution in [0.25, 0.3) is 23.3 Å². The Morgan fingerprint density at radius 1 is 0.370 bits per heavy atom. The molecule has 9 rings (SSSR count). The van der Waals surface area contributed by atoms with Gasteiger partial charge in [-0.2, -0.15) is 0 Å². The zero-order valence-electron chi connectivity index (χ0n) is 29.8. The van der Waals surface area contributed by atoms with Gasteiger partial charge in [-0.3, -0.25) is 0 Å². The smallest absolute Gasteiger partial charge is 0.119 e. The van der Waals surface area contributed by atoms with Crippen molar-refractivity contribution in [3.8, 4) is 11.5 Å². The summed E-state index contributed by atoms with van der Waals surface area (Å²) in [6, 6.07) is 50.0. The zero-order chi connectivity index (χ0) is 36.4. The molecule has 0 atom stereocenters. The highest BCUT2D eigenvalue weighted by atomic mass is 16.5. The molecule has 8 bridgehead atoms. The van der Waals surface area contributed by atoms with Crippen LogP contribution in [0.5, 0.6) is 11.5 Å². The number of anilines is 4. The molecule has 0 amide bonds. The highest BCUT2D eigenvalue weighted by Gasteiger charge is 2.13.